The highest BCUT2D eigenvalue weighted by atomic mass is 16.9. The largest absolute Gasteiger partial charge is 0.465 e. The molecule has 1 unspecified atom stereocenters. The van der Waals surface area contributed by atoms with E-state index < -0.39 is 23.2 Å². The third kappa shape index (κ3) is 1.70. The molecular weight excluding hydrogens is 202 g/mol. The molecule has 0 aliphatic carbocycles. The van der Waals surface area contributed by atoms with E-state index in [0.29, 0.717) is 0 Å². The first-order valence-electron chi connectivity index (χ1n) is 4.47. The molecule has 0 aromatic carbocycles. The van der Waals surface area contributed by atoms with E-state index in [2.05, 4.69) is 9.47 Å². The van der Waals surface area contributed by atoms with Gasteiger partial charge in [-0.2, -0.15) is 0 Å². The number of nitrogens with zero attached hydrogens (tertiary/aromatic N) is 1. The lowest BCUT2D eigenvalue weighted by molar-refractivity contribution is -0.161. The van der Waals surface area contributed by atoms with Gasteiger partial charge in [0.2, 0.25) is 0 Å². The number of hydrogen-bond acceptors (Lipinski definition) is 6. The van der Waals surface area contributed by atoms with Crippen LogP contribution in [0, 0.1) is 0 Å². The topological polar surface area (TPSA) is 68.1 Å². The number of hydrogen-bond donors (Lipinski definition) is 0. The van der Waals surface area contributed by atoms with Gasteiger partial charge in [-0.25, -0.2) is 14.4 Å². The number of carbonyl (C=O) groups is 2. The van der Waals surface area contributed by atoms with Gasteiger partial charge < -0.3 is 9.47 Å². The molecule has 1 fully saturated rings. The van der Waals surface area contributed by atoms with Gasteiger partial charge >= 0.3 is 17.7 Å². The van der Waals surface area contributed by atoms with Gasteiger partial charge in [-0.05, 0) is 20.8 Å². The number of rotatable bonds is 2. The molecule has 0 amide bonds. The highest BCUT2D eigenvalue weighted by molar-refractivity contribution is 6.05. The standard InChI is InChI=1S/C9H15NO5/c1-8(2,3)10-9(15-10,6(11)13-4)7(12)14-5/h1-5H3. The summed E-state index contributed by atoms with van der Waals surface area (Å²) in [4.78, 5) is 28.0. The fourth-order valence-corrected chi connectivity index (χ4v) is 1.32. The smallest absolute Gasteiger partial charge is 0.370 e. The van der Waals surface area contributed by atoms with Gasteiger partial charge in [-0.15, -0.1) is 5.06 Å². The van der Waals surface area contributed by atoms with E-state index in [1.165, 1.54) is 19.3 Å². The van der Waals surface area contributed by atoms with Crippen molar-refractivity contribution in [2.45, 2.75) is 32.0 Å². The molecule has 0 bridgehead atoms. The monoisotopic (exact) mass is 217 g/mol. The minimum atomic E-state index is -1.72. The fraction of sp³-hybridized carbons (Fsp3) is 0.778. The van der Waals surface area contributed by atoms with Crippen LogP contribution in [0.5, 0.6) is 0 Å². The molecule has 0 spiro atoms. The molecule has 15 heavy (non-hydrogen) atoms. The Balaban J connectivity index is 2.95. The molecule has 0 radical (unpaired) electrons. The third-order valence-corrected chi connectivity index (χ3v) is 2.01. The summed E-state index contributed by atoms with van der Waals surface area (Å²) in [6, 6.07) is 0. The van der Waals surface area contributed by atoms with Crippen molar-refractivity contribution in [2.24, 2.45) is 0 Å². The van der Waals surface area contributed by atoms with Crippen LogP contribution in [0.1, 0.15) is 20.8 Å². The lowest BCUT2D eigenvalue weighted by Crippen LogP contribution is -2.45. The molecule has 0 N–H and O–H groups in total. The lowest BCUT2D eigenvalue weighted by atomic mass is 10.1. The normalized spacial score (nSPS) is 23.1. The van der Waals surface area contributed by atoms with Crippen molar-refractivity contribution in [2.75, 3.05) is 14.2 Å². The van der Waals surface area contributed by atoms with Crippen molar-refractivity contribution < 1.29 is 23.9 Å². The Morgan fingerprint density at radius 1 is 1.13 bits per heavy atom. The van der Waals surface area contributed by atoms with Crippen molar-refractivity contribution in [1.29, 1.82) is 0 Å². The van der Waals surface area contributed by atoms with Crippen molar-refractivity contribution >= 4 is 11.9 Å². The maximum Gasteiger partial charge on any atom is 0.370 e. The summed E-state index contributed by atoms with van der Waals surface area (Å²) >= 11 is 0. The summed E-state index contributed by atoms with van der Waals surface area (Å²) < 4.78 is 9.04. The van der Waals surface area contributed by atoms with Crippen LogP contribution in [-0.4, -0.2) is 42.5 Å². The minimum Gasteiger partial charge on any atom is -0.465 e. The summed E-state index contributed by atoms with van der Waals surface area (Å²) in [5.41, 5.74) is -2.20. The van der Waals surface area contributed by atoms with Gasteiger partial charge in [0.05, 0.1) is 14.2 Å². The molecule has 6 nitrogen and oxygen atoms in total. The molecule has 86 valence electrons. The van der Waals surface area contributed by atoms with Gasteiger partial charge in [0.15, 0.2) is 0 Å². The van der Waals surface area contributed by atoms with E-state index in [1.54, 1.807) is 20.8 Å². The SMILES string of the molecule is COC(=O)C1(C(=O)OC)ON1C(C)(C)C. The Labute approximate surface area is 88.0 Å². The van der Waals surface area contributed by atoms with Crippen LogP contribution in [0.3, 0.4) is 0 Å². The van der Waals surface area contributed by atoms with Crippen molar-refractivity contribution in [3.05, 3.63) is 0 Å². The molecule has 1 atom stereocenters. The second-order valence-corrected chi connectivity index (χ2v) is 4.18. The number of methoxy groups -OCH3 is 2. The molecular formula is C9H15NO5. The number of carbonyl (C=O) groups excluding carboxylic acids is 2. The van der Waals surface area contributed by atoms with Crippen LogP contribution in [0.15, 0.2) is 0 Å². The van der Waals surface area contributed by atoms with Crippen LogP contribution in [0.4, 0.5) is 0 Å². The lowest BCUT2D eigenvalue weighted by Gasteiger charge is -2.18. The molecule has 1 rings (SSSR count). The van der Waals surface area contributed by atoms with E-state index in [-0.39, 0.29) is 0 Å². The number of esters is 2. The van der Waals surface area contributed by atoms with Gasteiger partial charge in [0.1, 0.15) is 0 Å². The summed E-state index contributed by atoms with van der Waals surface area (Å²) in [6.45, 7) is 5.42. The first-order valence-corrected chi connectivity index (χ1v) is 4.47. The van der Waals surface area contributed by atoms with Crippen LogP contribution in [0.2, 0.25) is 0 Å². The average molecular weight is 217 g/mol. The zero-order valence-corrected chi connectivity index (χ0v) is 9.49. The maximum atomic E-state index is 11.5. The Morgan fingerprint density at radius 2 is 1.53 bits per heavy atom. The molecule has 1 aliphatic heterocycles. The van der Waals surface area contributed by atoms with Gasteiger partial charge in [-0.3, -0.25) is 0 Å². The van der Waals surface area contributed by atoms with Crippen LogP contribution in [0.25, 0.3) is 0 Å². The number of hydroxylamine groups is 2. The van der Waals surface area contributed by atoms with E-state index in [4.69, 9.17) is 4.84 Å². The average Bonchev–Trinajstić information content (AvgIpc) is 2.91. The van der Waals surface area contributed by atoms with Gasteiger partial charge in [0, 0.05) is 5.54 Å². The zero-order valence-electron chi connectivity index (χ0n) is 9.49. The first-order chi connectivity index (χ1) is 6.80. The molecule has 1 aliphatic rings. The van der Waals surface area contributed by atoms with E-state index in [1.807, 2.05) is 0 Å². The van der Waals surface area contributed by atoms with Gasteiger partial charge in [0.25, 0.3) is 0 Å². The van der Waals surface area contributed by atoms with Crippen LogP contribution >= 0.6 is 0 Å². The van der Waals surface area contributed by atoms with Crippen molar-refractivity contribution in [1.82, 2.24) is 5.06 Å². The number of ether oxygens (including phenoxy) is 2. The predicted molar refractivity (Wildman–Crippen MR) is 49.4 cm³/mol. The summed E-state index contributed by atoms with van der Waals surface area (Å²) in [5, 5.41) is 1.26. The Kier molecular flexibility index (Phi) is 2.75. The van der Waals surface area contributed by atoms with Gasteiger partial charge in [-0.1, -0.05) is 0 Å². The summed E-state index contributed by atoms with van der Waals surface area (Å²) in [7, 11) is 2.38. The first kappa shape index (κ1) is 11.9. The minimum absolute atomic E-state index is 0.484. The molecule has 0 aromatic heterocycles. The molecule has 6 heteroatoms. The Bertz CT molecular complexity index is 277. The van der Waals surface area contributed by atoms with E-state index in [0.717, 1.165) is 0 Å². The quantitative estimate of drug-likeness (QED) is 0.370. The van der Waals surface area contributed by atoms with Crippen LogP contribution in [-0.2, 0) is 23.9 Å². The Morgan fingerprint density at radius 3 is 1.73 bits per heavy atom. The second-order valence-electron chi connectivity index (χ2n) is 4.18. The fourth-order valence-electron chi connectivity index (χ4n) is 1.32. The maximum absolute atomic E-state index is 11.5. The molecule has 1 saturated heterocycles. The van der Waals surface area contributed by atoms with Crippen molar-refractivity contribution in [3.63, 3.8) is 0 Å². The van der Waals surface area contributed by atoms with E-state index in [9.17, 15) is 9.59 Å². The predicted octanol–water partition coefficient (Wildman–Crippen LogP) is 0.0744. The molecule has 1 heterocycles. The van der Waals surface area contributed by atoms with Crippen LogP contribution < -0.4 is 0 Å². The van der Waals surface area contributed by atoms with Crippen molar-refractivity contribution in [3.8, 4) is 0 Å². The second kappa shape index (κ2) is 3.46. The highest BCUT2D eigenvalue weighted by Gasteiger charge is 2.73. The Hall–Kier alpha value is -1.14. The highest BCUT2D eigenvalue weighted by Crippen LogP contribution is 2.43. The summed E-state index contributed by atoms with van der Waals surface area (Å²) in [6.07, 6.45) is 0. The zero-order chi connectivity index (χ0) is 11.9. The molecule has 0 saturated carbocycles. The molecule has 0 aromatic rings. The summed E-state index contributed by atoms with van der Waals surface area (Å²) in [5.74, 6) is -1.55. The van der Waals surface area contributed by atoms with E-state index >= 15 is 0 Å². The third-order valence-electron chi connectivity index (χ3n) is 2.01.